The SMILES string of the molecule is CN1CCC(C(=O)NC(CCC(=O)O)C(=O)O)C1. The molecule has 0 aliphatic carbocycles. The van der Waals surface area contributed by atoms with E-state index in [2.05, 4.69) is 5.32 Å². The first-order valence-corrected chi connectivity index (χ1v) is 5.83. The fourth-order valence-corrected chi connectivity index (χ4v) is 1.96. The van der Waals surface area contributed by atoms with Gasteiger partial charge in [-0.25, -0.2) is 4.79 Å². The van der Waals surface area contributed by atoms with Crippen molar-refractivity contribution in [1.82, 2.24) is 10.2 Å². The first-order chi connectivity index (χ1) is 8.40. The maximum Gasteiger partial charge on any atom is 0.326 e. The van der Waals surface area contributed by atoms with Crippen molar-refractivity contribution >= 4 is 17.8 Å². The average molecular weight is 258 g/mol. The minimum Gasteiger partial charge on any atom is -0.481 e. The monoisotopic (exact) mass is 258 g/mol. The van der Waals surface area contributed by atoms with Gasteiger partial charge in [0, 0.05) is 13.0 Å². The number of hydrogen-bond acceptors (Lipinski definition) is 4. The predicted octanol–water partition coefficient (Wildman–Crippen LogP) is -0.628. The Morgan fingerprint density at radius 2 is 2.06 bits per heavy atom. The lowest BCUT2D eigenvalue weighted by molar-refractivity contribution is -0.143. The first-order valence-electron chi connectivity index (χ1n) is 5.83. The summed E-state index contributed by atoms with van der Waals surface area (Å²) in [5.74, 6) is -2.79. The van der Waals surface area contributed by atoms with Gasteiger partial charge in [0.25, 0.3) is 0 Å². The van der Waals surface area contributed by atoms with Crippen molar-refractivity contribution in [3.8, 4) is 0 Å². The third-order valence-electron chi connectivity index (χ3n) is 3.02. The van der Waals surface area contributed by atoms with Crippen LogP contribution in [0, 0.1) is 5.92 Å². The number of hydrogen-bond donors (Lipinski definition) is 3. The van der Waals surface area contributed by atoms with E-state index in [-0.39, 0.29) is 24.7 Å². The molecule has 0 aromatic rings. The van der Waals surface area contributed by atoms with Crippen molar-refractivity contribution in [2.75, 3.05) is 20.1 Å². The molecule has 3 N–H and O–H groups in total. The highest BCUT2D eigenvalue weighted by molar-refractivity contribution is 5.85. The molecule has 1 rings (SSSR count). The predicted molar refractivity (Wildman–Crippen MR) is 62.0 cm³/mol. The third-order valence-corrected chi connectivity index (χ3v) is 3.02. The molecule has 1 amide bonds. The summed E-state index contributed by atoms with van der Waals surface area (Å²) in [4.78, 5) is 35.1. The van der Waals surface area contributed by atoms with E-state index in [1.165, 1.54) is 0 Å². The fraction of sp³-hybridized carbons (Fsp3) is 0.727. The number of carboxylic acids is 2. The molecule has 0 radical (unpaired) electrons. The lowest BCUT2D eigenvalue weighted by Gasteiger charge is -2.16. The minimum absolute atomic E-state index is 0.0982. The zero-order chi connectivity index (χ0) is 13.7. The normalized spacial score (nSPS) is 21.5. The quantitative estimate of drug-likeness (QED) is 0.585. The summed E-state index contributed by atoms with van der Waals surface area (Å²) in [7, 11) is 1.90. The highest BCUT2D eigenvalue weighted by Crippen LogP contribution is 2.14. The smallest absolute Gasteiger partial charge is 0.326 e. The number of nitrogens with zero attached hydrogens (tertiary/aromatic N) is 1. The van der Waals surface area contributed by atoms with E-state index in [0.717, 1.165) is 6.54 Å². The Kier molecular flexibility index (Phi) is 5.08. The summed E-state index contributed by atoms with van der Waals surface area (Å²) in [5, 5.41) is 19.8. The Morgan fingerprint density at radius 3 is 2.50 bits per heavy atom. The van der Waals surface area contributed by atoms with Gasteiger partial charge >= 0.3 is 11.9 Å². The molecule has 1 aliphatic heterocycles. The van der Waals surface area contributed by atoms with E-state index < -0.39 is 18.0 Å². The summed E-state index contributed by atoms with van der Waals surface area (Å²) >= 11 is 0. The maximum atomic E-state index is 11.8. The Bertz CT molecular complexity index is 344. The van der Waals surface area contributed by atoms with Crippen LogP contribution >= 0.6 is 0 Å². The van der Waals surface area contributed by atoms with Crippen LogP contribution in [0.1, 0.15) is 19.3 Å². The molecular formula is C11H18N2O5. The number of rotatable bonds is 6. The summed E-state index contributed by atoms with van der Waals surface area (Å²) in [6, 6.07) is -1.13. The largest absolute Gasteiger partial charge is 0.481 e. The van der Waals surface area contributed by atoms with Crippen LogP contribution in [0.3, 0.4) is 0 Å². The fourth-order valence-electron chi connectivity index (χ4n) is 1.96. The maximum absolute atomic E-state index is 11.8. The molecular weight excluding hydrogens is 240 g/mol. The van der Waals surface area contributed by atoms with Gasteiger partial charge in [-0.05, 0) is 26.4 Å². The number of aliphatic carboxylic acids is 2. The number of carbonyl (C=O) groups excluding carboxylic acids is 1. The van der Waals surface area contributed by atoms with Gasteiger partial charge in [-0.15, -0.1) is 0 Å². The second-order valence-corrected chi connectivity index (χ2v) is 4.58. The van der Waals surface area contributed by atoms with Gasteiger partial charge in [-0.2, -0.15) is 0 Å². The van der Waals surface area contributed by atoms with Crippen LogP contribution in [0.5, 0.6) is 0 Å². The van der Waals surface area contributed by atoms with Gasteiger partial charge in [-0.1, -0.05) is 0 Å². The van der Waals surface area contributed by atoms with Gasteiger partial charge < -0.3 is 20.4 Å². The summed E-state index contributed by atoms with van der Waals surface area (Å²) in [5.41, 5.74) is 0. The molecule has 1 heterocycles. The molecule has 102 valence electrons. The van der Waals surface area contributed by atoms with Crippen LogP contribution in [-0.4, -0.2) is 59.1 Å². The second kappa shape index (κ2) is 6.34. The van der Waals surface area contributed by atoms with Gasteiger partial charge in [0.2, 0.25) is 5.91 Å². The minimum atomic E-state index is -1.20. The Morgan fingerprint density at radius 1 is 1.39 bits per heavy atom. The van der Waals surface area contributed by atoms with E-state index in [0.29, 0.717) is 13.0 Å². The Labute approximate surface area is 105 Å². The van der Waals surface area contributed by atoms with E-state index in [9.17, 15) is 14.4 Å². The molecule has 1 fully saturated rings. The molecule has 2 unspecified atom stereocenters. The Balaban J connectivity index is 2.47. The van der Waals surface area contributed by atoms with Gasteiger partial charge in [0.05, 0.1) is 5.92 Å². The summed E-state index contributed by atoms with van der Waals surface area (Å²) < 4.78 is 0. The van der Waals surface area contributed by atoms with Crippen molar-refractivity contribution < 1.29 is 24.6 Å². The molecule has 1 saturated heterocycles. The van der Waals surface area contributed by atoms with Crippen molar-refractivity contribution in [1.29, 1.82) is 0 Å². The first kappa shape index (κ1) is 14.4. The summed E-state index contributed by atoms with van der Waals surface area (Å²) in [6.07, 6.45) is 0.328. The molecule has 0 aromatic heterocycles. The van der Waals surface area contributed by atoms with Gasteiger partial charge in [-0.3, -0.25) is 9.59 Å². The molecule has 0 spiro atoms. The topological polar surface area (TPSA) is 107 Å². The van der Waals surface area contributed by atoms with Crippen LogP contribution in [0.25, 0.3) is 0 Å². The van der Waals surface area contributed by atoms with Gasteiger partial charge in [0.1, 0.15) is 6.04 Å². The zero-order valence-corrected chi connectivity index (χ0v) is 10.3. The Hall–Kier alpha value is -1.63. The lowest BCUT2D eigenvalue weighted by atomic mass is 10.1. The molecule has 7 heteroatoms. The highest BCUT2D eigenvalue weighted by atomic mass is 16.4. The molecule has 7 nitrogen and oxygen atoms in total. The molecule has 0 saturated carbocycles. The van der Waals surface area contributed by atoms with E-state index in [1.54, 1.807) is 0 Å². The lowest BCUT2D eigenvalue weighted by Crippen LogP contribution is -2.44. The highest BCUT2D eigenvalue weighted by Gasteiger charge is 2.29. The third kappa shape index (κ3) is 4.33. The molecule has 1 aliphatic rings. The van der Waals surface area contributed by atoms with Crippen molar-refractivity contribution in [3.63, 3.8) is 0 Å². The number of carboxylic acid groups (broad SMARTS) is 2. The standard InChI is InChI=1S/C11H18N2O5/c1-13-5-4-7(6-13)10(16)12-8(11(17)18)2-3-9(14)15/h7-8H,2-6H2,1H3,(H,12,16)(H,14,15)(H,17,18). The van der Waals surface area contributed by atoms with Crippen LogP contribution in [0.4, 0.5) is 0 Å². The van der Waals surface area contributed by atoms with E-state index >= 15 is 0 Å². The van der Waals surface area contributed by atoms with Crippen LogP contribution in [0.15, 0.2) is 0 Å². The van der Waals surface area contributed by atoms with Crippen LogP contribution < -0.4 is 5.32 Å². The number of amides is 1. The number of nitrogens with one attached hydrogen (secondary N) is 1. The van der Waals surface area contributed by atoms with Crippen molar-refractivity contribution in [2.45, 2.75) is 25.3 Å². The van der Waals surface area contributed by atoms with Crippen molar-refractivity contribution in [2.24, 2.45) is 5.92 Å². The van der Waals surface area contributed by atoms with Crippen LogP contribution in [-0.2, 0) is 14.4 Å². The van der Waals surface area contributed by atoms with Crippen molar-refractivity contribution in [3.05, 3.63) is 0 Å². The molecule has 2 atom stereocenters. The van der Waals surface area contributed by atoms with Crippen LogP contribution in [0.2, 0.25) is 0 Å². The summed E-state index contributed by atoms with van der Waals surface area (Å²) in [6.45, 7) is 1.42. The molecule has 0 aromatic carbocycles. The average Bonchev–Trinajstić information content (AvgIpc) is 2.70. The molecule has 0 bridgehead atoms. The van der Waals surface area contributed by atoms with Gasteiger partial charge in [0.15, 0.2) is 0 Å². The molecule has 18 heavy (non-hydrogen) atoms. The number of likely N-dealkylation sites (tertiary alicyclic amines) is 1. The van der Waals surface area contributed by atoms with E-state index in [1.807, 2.05) is 11.9 Å². The number of carbonyl (C=O) groups is 3. The van der Waals surface area contributed by atoms with E-state index in [4.69, 9.17) is 10.2 Å². The zero-order valence-electron chi connectivity index (χ0n) is 10.3. The second-order valence-electron chi connectivity index (χ2n) is 4.58.